The van der Waals surface area contributed by atoms with E-state index in [0.717, 1.165) is 5.56 Å². The summed E-state index contributed by atoms with van der Waals surface area (Å²) < 4.78 is 0. The Bertz CT molecular complexity index is 842. The molecular weight excluding hydrogens is 330 g/mol. The lowest BCUT2D eigenvalue weighted by atomic mass is 10.0. The van der Waals surface area contributed by atoms with Gasteiger partial charge in [-0.05, 0) is 31.5 Å². The Kier molecular flexibility index (Phi) is 6.16. The van der Waals surface area contributed by atoms with Crippen LogP contribution in [0.4, 0.5) is 0 Å². The molecule has 26 heavy (non-hydrogen) atoms. The molecule has 1 unspecified atom stereocenters. The molecule has 5 heteroatoms. The lowest BCUT2D eigenvalue weighted by molar-refractivity contribution is -0.139. The molecule has 2 rings (SSSR count). The zero-order chi connectivity index (χ0) is 19.2. The van der Waals surface area contributed by atoms with Gasteiger partial charge in [-0.25, -0.2) is 4.79 Å². The Hall–Kier alpha value is -3.10. The molecule has 0 saturated carbocycles. The van der Waals surface area contributed by atoms with Crippen LogP contribution in [0.15, 0.2) is 54.6 Å². The van der Waals surface area contributed by atoms with Crippen LogP contribution in [-0.2, 0) is 11.2 Å². The van der Waals surface area contributed by atoms with E-state index in [-0.39, 0.29) is 12.0 Å². The van der Waals surface area contributed by atoms with E-state index in [1.165, 1.54) is 0 Å². The highest BCUT2D eigenvalue weighted by Gasteiger charge is 2.22. The van der Waals surface area contributed by atoms with Gasteiger partial charge < -0.3 is 15.5 Å². The monoisotopic (exact) mass is 351 g/mol. The predicted molar refractivity (Wildman–Crippen MR) is 98.7 cm³/mol. The number of rotatable bonds is 5. The van der Waals surface area contributed by atoms with Gasteiger partial charge in [-0.1, -0.05) is 54.3 Å². The van der Waals surface area contributed by atoms with Crippen LogP contribution in [0.25, 0.3) is 0 Å². The molecule has 3 N–H and O–H groups in total. The zero-order valence-electron chi connectivity index (χ0n) is 14.7. The van der Waals surface area contributed by atoms with Gasteiger partial charge in [0.2, 0.25) is 0 Å². The maximum Gasteiger partial charge on any atom is 0.326 e. The van der Waals surface area contributed by atoms with Crippen LogP contribution in [0.3, 0.4) is 0 Å². The third kappa shape index (κ3) is 5.76. The first-order chi connectivity index (χ1) is 12.3. The van der Waals surface area contributed by atoms with E-state index in [9.17, 15) is 19.8 Å². The average Bonchev–Trinajstić information content (AvgIpc) is 2.59. The lowest BCUT2D eigenvalue weighted by Crippen LogP contribution is -2.42. The van der Waals surface area contributed by atoms with Crippen LogP contribution in [0, 0.1) is 11.8 Å². The molecule has 5 nitrogen and oxygen atoms in total. The molecule has 2 aromatic carbocycles. The van der Waals surface area contributed by atoms with Crippen molar-refractivity contribution >= 4 is 11.9 Å². The fourth-order valence-electron chi connectivity index (χ4n) is 2.30. The van der Waals surface area contributed by atoms with Crippen molar-refractivity contribution < 1.29 is 19.8 Å². The number of amides is 1. The quantitative estimate of drug-likeness (QED) is 0.721. The molecule has 0 heterocycles. The van der Waals surface area contributed by atoms with Crippen molar-refractivity contribution in [3.05, 3.63) is 71.3 Å². The molecule has 1 atom stereocenters. The molecule has 0 bridgehead atoms. The number of aliphatic carboxylic acids is 1. The fourth-order valence-corrected chi connectivity index (χ4v) is 2.30. The Labute approximate surface area is 152 Å². The summed E-state index contributed by atoms with van der Waals surface area (Å²) in [6.07, 6.45) is 0.180. The molecule has 0 saturated heterocycles. The Morgan fingerprint density at radius 2 is 1.69 bits per heavy atom. The van der Waals surface area contributed by atoms with Gasteiger partial charge in [0, 0.05) is 12.0 Å². The van der Waals surface area contributed by atoms with Gasteiger partial charge in [-0.2, -0.15) is 0 Å². The minimum Gasteiger partial charge on any atom is -0.480 e. The van der Waals surface area contributed by atoms with Crippen LogP contribution in [0.2, 0.25) is 0 Å². The SMILES string of the molecule is CC(C)(O)C#Cc1ccccc1C(=O)NC(Cc1ccccc1)C(=O)O. The van der Waals surface area contributed by atoms with Crippen molar-refractivity contribution in [1.29, 1.82) is 0 Å². The Balaban J connectivity index is 2.22. The minimum absolute atomic E-state index is 0.180. The molecule has 1 amide bonds. The number of carbonyl (C=O) groups is 2. The number of carbonyl (C=O) groups excluding carboxylic acids is 1. The number of hydrogen-bond donors (Lipinski definition) is 3. The van der Waals surface area contributed by atoms with Crippen molar-refractivity contribution in [3.63, 3.8) is 0 Å². The summed E-state index contributed by atoms with van der Waals surface area (Å²) >= 11 is 0. The van der Waals surface area contributed by atoms with Gasteiger partial charge in [0.05, 0.1) is 5.56 Å². The Morgan fingerprint density at radius 3 is 2.31 bits per heavy atom. The summed E-state index contributed by atoms with van der Waals surface area (Å²) in [5.74, 6) is 3.81. The van der Waals surface area contributed by atoms with E-state index >= 15 is 0 Å². The largest absolute Gasteiger partial charge is 0.480 e. The molecule has 0 radical (unpaired) electrons. The van der Waals surface area contributed by atoms with Crippen molar-refractivity contribution in [1.82, 2.24) is 5.32 Å². The minimum atomic E-state index is -1.19. The third-order valence-corrected chi connectivity index (χ3v) is 3.56. The van der Waals surface area contributed by atoms with Crippen molar-refractivity contribution in [2.75, 3.05) is 0 Å². The first kappa shape index (κ1) is 19.2. The molecule has 0 spiro atoms. The van der Waals surface area contributed by atoms with E-state index in [1.54, 1.807) is 38.1 Å². The van der Waals surface area contributed by atoms with Crippen LogP contribution in [-0.4, -0.2) is 33.7 Å². The predicted octanol–water partition coefficient (Wildman–Crippen LogP) is 2.23. The molecule has 0 aliphatic heterocycles. The van der Waals surface area contributed by atoms with Gasteiger partial charge in [0.25, 0.3) is 5.91 Å². The highest BCUT2D eigenvalue weighted by Crippen LogP contribution is 2.10. The molecule has 0 aliphatic carbocycles. The molecule has 0 fully saturated rings. The summed E-state index contributed by atoms with van der Waals surface area (Å²) in [5.41, 5.74) is 0.315. The van der Waals surface area contributed by atoms with Crippen LogP contribution in [0.5, 0.6) is 0 Å². The van der Waals surface area contributed by atoms with E-state index < -0.39 is 23.5 Å². The molecule has 0 aliphatic rings. The second kappa shape index (κ2) is 8.32. The summed E-state index contributed by atoms with van der Waals surface area (Å²) in [4.78, 5) is 24.1. The third-order valence-electron chi connectivity index (χ3n) is 3.56. The van der Waals surface area contributed by atoms with E-state index in [0.29, 0.717) is 5.56 Å². The maximum atomic E-state index is 12.6. The van der Waals surface area contributed by atoms with Gasteiger partial charge >= 0.3 is 5.97 Å². The Morgan fingerprint density at radius 1 is 1.08 bits per heavy atom. The van der Waals surface area contributed by atoms with Gasteiger partial charge in [0.1, 0.15) is 11.6 Å². The highest BCUT2D eigenvalue weighted by molar-refractivity contribution is 5.98. The van der Waals surface area contributed by atoms with Crippen molar-refractivity contribution in [2.45, 2.75) is 31.9 Å². The standard InChI is InChI=1S/C21H21NO4/c1-21(2,26)13-12-16-10-6-7-11-17(16)19(23)22-18(20(24)25)14-15-8-4-3-5-9-15/h3-11,18,26H,14H2,1-2H3,(H,22,23)(H,24,25). The van der Waals surface area contributed by atoms with Crippen molar-refractivity contribution in [3.8, 4) is 11.8 Å². The molecule has 2 aromatic rings. The van der Waals surface area contributed by atoms with E-state index in [2.05, 4.69) is 17.2 Å². The molecule has 0 aromatic heterocycles. The van der Waals surface area contributed by atoms with Crippen LogP contribution < -0.4 is 5.32 Å². The lowest BCUT2D eigenvalue weighted by Gasteiger charge is -2.15. The normalized spacial score (nSPS) is 11.8. The summed E-state index contributed by atoms with van der Waals surface area (Å²) in [5, 5.41) is 21.7. The van der Waals surface area contributed by atoms with Crippen LogP contribution in [0.1, 0.15) is 35.3 Å². The summed E-state index contributed by atoms with van der Waals surface area (Å²) in [7, 11) is 0. The van der Waals surface area contributed by atoms with Gasteiger partial charge in [-0.3, -0.25) is 4.79 Å². The first-order valence-electron chi connectivity index (χ1n) is 8.18. The molecule has 134 valence electrons. The first-order valence-corrected chi connectivity index (χ1v) is 8.18. The average molecular weight is 351 g/mol. The van der Waals surface area contributed by atoms with Crippen LogP contribution >= 0.6 is 0 Å². The van der Waals surface area contributed by atoms with Crippen molar-refractivity contribution in [2.24, 2.45) is 0 Å². The number of nitrogens with one attached hydrogen (secondary N) is 1. The zero-order valence-corrected chi connectivity index (χ0v) is 14.7. The topological polar surface area (TPSA) is 86.6 Å². The van der Waals surface area contributed by atoms with E-state index in [1.807, 2.05) is 30.3 Å². The number of carboxylic acid groups (broad SMARTS) is 1. The number of benzene rings is 2. The van der Waals surface area contributed by atoms with E-state index in [4.69, 9.17) is 0 Å². The maximum absolute atomic E-state index is 12.6. The summed E-state index contributed by atoms with van der Waals surface area (Å²) in [6.45, 7) is 3.09. The number of carboxylic acids is 1. The summed E-state index contributed by atoms with van der Waals surface area (Å²) in [6, 6.07) is 14.7. The second-order valence-corrected chi connectivity index (χ2v) is 6.41. The molecular formula is C21H21NO4. The van der Waals surface area contributed by atoms with Gasteiger partial charge in [-0.15, -0.1) is 0 Å². The highest BCUT2D eigenvalue weighted by atomic mass is 16.4. The number of hydrogen-bond acceptors (Lipinski definition) is 3. The van der Waals surface area contributed by atoms with Gasteiger partial charge in [0.15, 0.2) is 0 Å². The second-order valence-electron chi connectivity index (χ2n) is 6.41. The fraction of sp³-hybridized carbons (Fsp3) is 0.238. The number of aliphatic hydroxyl groups is 1. The smallest absolute Gasteiger partial charge is 0.326 e.